The average molecular weight is 234 g/mol. The standard InChI is InChI=1S/C10H22N2O2S/c1-9(2)6-10(7-9,8-11)4-5-12-15(3,13)14/h12H,4-8,11H2,1-3H3. The topological polar surface area (TPSA) is 72.2 Å². The van der Waals surface area contributed by atoms with E-state index in [1.54, 1.807) is 0 Å². The van der Waals surface area contributed by atoms with Crippen molar-refractivity contribution < 1.29 is 8.42 Å². The second-order valence-corrected chi connectivity index (χ2v) is 7.47. The molecule has 1 saturated carbocycles. The maximum atomic E-state index is 10.9. The van der Waals surface area contributed by atoms with Crippen LogP contribution in [0.1, 0.15) is 33.1 Å². The van der Waals surface area contributed by atoms with Crippen LogP contribution in [0.25, 0.3) is 0 Å². The number of rotatable bonds is 5. The summed E-state index contributed by atoms with van der Waals surface area (Å²) >= 11 is 0. The van der Waals surface area contributed by atoms with Crippen LogP contribution in [0.5, 0.6) is 0 Å². The predicted molar refractivity (Wildman–Crippen MR) is 62.0 cm³/mol. The second kappa shape index (κ2) is 4.03. The highest BCUT2D eigenvalue weighted by Gasteiger charge is 2.47. The molecule has 1 aliphatic rings. The van der Waals surface area contributed by atoms with Crippen molar-refractivity contribution in [2.24, 2.45) is 16.6 Å². The molecule has 0 amide bonds. The van der Waals surface area contributed by atoms with Gasteiger partial charge in [0.2, 0.25) is 10.0 Å². The fourth-order valence-corrected chi connectivity index (χ4v) is 3.38. The first-order valence-corrected chi connectivity index (χ1v) is 7.22. The molecular formula is C10H22N2O2S. The molecule has 0 heterocycles. The van der Waals surface area contributed by atoms with Crippen molar-refractivity contribution in [3.05, 3.63) is 0 Å². The van der Waals surface area contributed by atoms with E-state index in [2.05, 4.69) is 18.6 Å². The first-order chi connectivity index (χ1) is 6.68. The van der Waals surface area contributed by atoms with E-state index in [-0.39, 0.29) is 5.41 Å². The molecule has 5 heteroatoms. The van der Waals surface area contributed by atoms with Gasteiger partial charge in [-0.1, -0.05) is 13.8 Å². The molecule has 0 aliphatic heterocycles. The van der Waals surface area contributed by atoms with Crippen LogP contribution in [0, 0.1) is 10.8 Å². The minimum Gasteiger partial charge on any atom is -0.330 e. The van der Waals surface area contributed by atoms with Gasteiger partial charge in [0.15, 0.2) is 0 Å². The maximum Gasteiger partial charge on any atom is 0.208 e. The number of hydrogen-bond acceptors (Lipinski definition) is 3. The van der Waals surface area contributed by atoms with Crippen LogP contribution in [0.4, 0.5) is 0 Å². The summed E-state index contributed by atoms with van der Waals surface area (Å²) in [6.07, 6.45) is 4.23. The summed E-state index contributed by atoms with van der Waals surface area (Å²) < 4.78 is 24.3. The van der Waals surface area contributed by atoms with Gasteiger partial charge in [-0.2, -0.15) is 0 Å². The summed E-state index contributed by atoms with van der Waals surface area (Å²) in [6.45, 7) is 5.61. The van der Waals surface area contributed by atoms with E-state index in [1.165, 1.54) is 6.26 Å². The lowest BCUT2D eigenvalue weighted by Crippen LogP contribution is -2.49. The molecule has 0 unspecified atom stereocenters. The lowest BCUT2D eigenvalue weighted by atomic mass is 9.53. The van der Waals surface area contributed by atoms with Gasteiger partial charge in [0, 0.05) is 6.54 Å². The highest BCUT2D eigenvalue weighted by molar-refractivity contribution is 7.88. The first kappa shape index (κ1) is 12.9. The monoisotopic (exact) mass is 234 g/mol. The number of hydrogen-bond donors (Lipinski definition) is 2. The molecule has 15 heavy (non-hydrogen) atoms. The third-order valence-corrected chi connectivity index (χ3v) is 3.89. The molecule has 3 N–H and O–H groups in total. The van der Waals surface area contributed by atoms with E-state index in [0.717, 1.165) is 19.3 Å². The number of nitrogens with two attached hydrogens (primary N) is 1. The van der Waals surface area contributed by atoms with Gasteiger partial charge >= 0.3 is 0 Å². The van der Waals surface area contributed by atoms with Crippen molar-refractivity contribution in [2.45, 2.75) is 33.1 Å². The highest BCUT2D eigenvalue weighted by atomic mass is 32.2. The van der Waals surface area contributed by atoms with Crippen molar-refractivity contribution in [3.63, 3.8) is 0 Å². The fourth-order valence-electron chi connectivity index (χ4n) is 2.90. The zero-order valence-electron chi connectivity index (χ0n) is 9.84. The van der Waals surface area contributed by atoms with Gasteiger partial charge < -0.3 is 5.73 Å². The van der Waals surface area contributed by atoms with E-state index in [4.69, 9.17) is 5.73 Å². The van der Waals surface area contributed by atoms with Crippen molar-refractivity contribution in [1.29, 1.82) is 0 Å². The first-order valence-electron chi connectivity index (χ1n) is 5.33. The normalized spacial score (nSPS) is 23.5. The van der Waals surface area contributed by atoms with Crippen LogP contribution in [0.3, 0.4) is 0 Å². The van der Waals surface area contributed by atoms with Crippen LogP contribution < -0.4 is 10.5 Å². The number of nitrogens with one attached hydrogen (secondary N) is 1. The van der Waals surface area contributed by atoms with Crippen molar-refractivity contribution in [3.8, 4) is 0 Å². The molecule has 1 rings (SSSR count). The Kier molecular flexibility index (Phi) is 3.48. The third kappa shape index (κ3) is 3.74. The summed E-state index contributed by atoms with van der Waals surface area (Å²) in [5, 5.41) is 0. The molecule has 0 aromatic carbocycles. The molecule has 0 aromatic heterocycles. The maximum absolute atomic E-state index is 10.9. The van der Waals surface area contributed by atoms with Gasteiger partial charge in [-0.3, -0.25) is 0 Å². The molecule has 0 bridgehead atoms. The number of sulfonamides is 1. The van der Waals surface area contributed by atoms with Crippen LogP contribution >= 0.6 is 0 Å². The Hall–Kier alpha value is -0.130. The molecule has 0 atom stereocenters. The zero-order chi connectivity index (χ0) is 11.7. The van der Waals surface area contributed by atoms with Gasteiger partial charge in [-0.25, -0.2) is 13.1 Å². The van der Waals surface area contributed by atoms with E-state index >= 15 is 0 Å². The molecule has 1 aliphatic carbocycles. The Morgan fingerprint density at radius 2 is 1.87 bits per heavy atom. The molecule has 4 nitrogen and oxygen atoms in total. The molecule has 1 fully saturated rings. The van der Waals surface area contributed by atoms with E-state index in [0.29, 0.717) is 18.5 Å². The quantitative estimate of drug-likeness (QED) is 0.735. The lowest BCUT2D eigenvalue weighted by molar-refractivity contribution is -0.0109. The van der Waals surface area contributed by atoms with Gasteiger partial charge in [0.1, 0.15) is 0 Å². The Bertz CT molecular complexity index is 314. The Morgan fingerprint density at radius 3 is 2.20 bits per heavy atom. The molecule has 0 aromatic rings. The minimum absolute atomic E-state index is 0.168. The lowest BCUT2D eigenvalue weighted by Gasteiger charge is -2.53. The Balaban J connectivity index is 2.38. The van der Waals surface area contributed by atoms with Crippen LogP contribution in [-0.4, -0.2) is 27.8 Å². The van der Waals surface area contributed by atoms with Gasteiger partial charge in [0.25, 0.3) is 0 Å². The highest BCUT2D eigenvalue weighted by Crippen LogP contribution is 2.55. The fraction of sp³-hybridized carbons (Fsp3) is 1.00. The summed E-state index contributed by atoms with van der Waals surface area (Å²) in [6, 6.07) is 0. The van der Waals surface area contributed by atoms with Crippen molar-refractivity contribution in [2.75, 3.05) is 19.3 Å². The molecule has 90 valence electrons. The summed E-state index contributed by atoms with van der Waals surface area (Å²) in [4.78, 5) is 0. The van der Waals surface area contributed by atoms with E-state index in [1.807, 2.05) is 0 Å². The third-order valence-electron chi connectivity index (χ3n) is 3.16. The molecule has 0 spiro atoms. The second-order valence-electron chi connectivity index (χ2n) is 5.64. The Morgan fingerprint density at radius 1 is 1.33 bits per heavy atom. The van der Waals surface area contributed by atoms with E-state index < -0.39 is 10.0 Å². The van der Waals surface area contributed by atoms with Gasteiger partial charge in [0.05, 0.1) is 6.26 Å². The molecular weight excluding hydrogens is 212 g/mol. The van der Waals surface area contributed by atoms with Crippen LogP contribution in [0.15, 0.2) is 0 Å². The summed E-state index contributed by atoms with van der Waals surface area (Å²) in [5.74, 6) is 0. The zero-order valence-corrected chi connectivity index (χ0v) is 10.7. The summed E-state index contributed by atoms with van der Waals surface area (Å²) in [5.41, 5.74) is 6.31. The minimum atomic E-state index is -3.06. The van der Waals surface area contributed by atoms with Crippen molar-refractivity contribution >= 4 is 10.0 Å². The molecule has 0 radical (unpaired) electrons. The largest absolute Gasteiger partial charge is 0.330 e. The van der Waals surface area contributed by atoms with Gasteiger partial charge in [-0.15, -0.1) is 0 Å². The van der Waals surface area contributed by atoms with Crippen LogP contribution in [-0.2, 0) is 10.0 Å². The van der Waals surface area contributed by atoms with E-state index in [9.17, 15) is 8.42 Å². The van der Waals surface area contributed by atoms with Gasteiger partial charge in [-0.05, 0) is 36.6 Å². The predicted octanol–water partition coefficient (Wildman–Crippen LogP) is 0.691. The van der Waals surface area contributed by atoms with Crippen molar-refractivity contribution in [1.82, 2.24) is 4.72 Å². The molecule has 0 saturated heterocycles. The van der Waals surface area contributed by atoms with Crippen LogP contribution in [0.2, 0.25) is 0 Å². The smallest absolute Gasteiger partial charge is 0.208 e. The Labute approximate surface area is 92.7 Å². The SMILES string of the molecule is CC1(C)CC(CN)(CCNS(C)(=O)=O)C1. The average Bonchev–Trinajstić information content (AvgIpc) is 1.97. The summed E-state index contributed by atoms with van der Waals surface area (Å²) in [7, 11) is -3.06.